The van der Waals surface area contributed by atoms with Crippen molar-refractivity contribution < 1.29 is 23.5 Å². The van der Waals surface area contributed by atoms with E-state index in [1.807, 2.05) is 105 Å². The standard InChI is InChI=1S/C36H32INO5/c1-22-8-17-30-31(20-22)43-33(32(30)38-35(40)42-23(2)29-7-5-4-6-27(29)21-37)26-11-9-24(10-12-26)25-13-15-28(16-14-25)36(18-19-36)34(39)41-3/h4-17,20,23H,18-19,21H2,1-3H3,(H,38,40)/t23-/m1/s1. The zero-order valence-electron chi connectivity index (χ0n) is 24.3. The van der Waals surface area contributed by atoms with Gasteiger partial charge in [-0.25, -0.2) is 4.79 Å². The lowest BCUT2D eigenvalue weighted by Crippen LogP contribution is -2.21. The number of carbonyl (C=O) groups is 2. The summed E-state index contributed by atoms with van der Waals surface area (Å²) in [6, 6.07) is 30.0. The molecule has 0 bridgehead atoms. The number of hydrogen-bond donors (Lipinski definition) is 1. The zero-order chi connectivity index (χ0) is 30.1. The largest absolute Gasteiger partial charge is 0.468 e. The molecular weight excluding hydrogens is 653 g/mol. The highest BCUT2D eigenvalue weighted by Gasteiger charge is 2.52. The number of alkyl halides is 1. The molecule has 1 saturated carbocycles. The Kier molecular flexibility index (Phi) is 8.01. The highest BCUT2D eigenvalue weighted by atomic mass is 127. The quantitative estimate of drug-likeness (QED) is 0.100. The summed E-state index contributed by atoms with van der Waals surface area (Å²) in [7, 11) is 1.44. The first kappa shape index (κ1) is 29.0. The van der Waals surface area contributed by atoms with Crippen molar-refractivity contribution in [2.75, 3.05) is 12.4 Å². The second kappa shape index (κ2) is 11.9. The molecule has 43 heavy (non-hydrogen) atoms. The van der Waals surface area contributed by atoms with Crippen LogP contribution in [0, 0.1) is 6.92 Å². The average Bonchev–Trinajstić information content (AvgIpc) is 3.78. The number of rotatable bonds is 8. The van der Waals surface area contributed by atoms with Gasteiger partial charge in [0, 0.05) is 15.4 Å². The number of fused-ring (bicyclic) bond motifs is 1. The third kappa shape index (κ3) is 5.66. The maximum atomic E-state index is 13.2. The maximum Gasteiger partial charge on any atom is 0.412 e. The van der Waals surface area contributed by atoms with E-state index in [1.165, 1.54) is 7.11 Å². The number of amides is 1. The average molecular weight is 686 g/mol. The molecule has 0 unspecified atom stereocenters. The van der Waals surface area contributed by atoms with Crippen LogP contribution in [0.15, 0.2) is 95.4 Å². The molecule has 7 heteroatoms. The van der Waals surface area contributed by atoms with Crippen molar-refractivity contribution in [3.05, 3.63) is 113 Å². The van der Waals surface area contributed by atoms with Gasteiger partial charge in [0.05, 0.1) is 18.2 Å². The fourth-order valence-electron chi connectivity index (χ4n) is 5.67. The zero-order valence-corrected chi connectivity index (χ0v) is 26.4. The number of benzene rings is 4. The monoisotopic (exact) mass is 685 g/mol. The number of halogens is 1. The molecule has 218 valence electrons. The van der Waals surface area contributed by atoms with Crippen LogP contribution < -0.4 is 5.32 Å². The molecule has 0 saturated heterocycles. The number of carbonyl (C=O) groups excluding carboxylic acids is 2. The van der Waals surface area contributed by atoms with Gasteiger partial charge in [0.25, 0.3) is 0 Å². The van der Waals surface area contributed by atoms with Crippen LogP contribution in [-0.2, 0) is 24.1 Å². The van der Waals surface area contributed by atoms with Crippen LogP contribution in [0.1, 0.15) is 48.1 Å². The summed E-state index contributed by atoms with van der Waals surface area (Å²) in [6.07, 6.45) is 0.679. The van der Waals surface area contributed by atoms with Crippen LogP contribution in [0.5, 0.6) is 0 Å². The van der Waals surface area contributed by atoms with Gasteiger partial charge in [-0.05, 0) is 72.2 Å². The van der Waals surface area contributed by atoms with E-state index in [0.717, 1.165) is 61.6 Å². The first-order chi connectivity index (χ1) is 20.8. The van der Waals surface area contributed by atoms with Crippen LogP contribution in [0.3, 0.4) is 0 Å². The Morgan fingerprint density at radius 3 is 2.23 bits per heavy atom. The molecular formula is C36H32INO5. The Balaban J connectivity index is 1.26. The Morgan fingerprint density at radius 2 is 1.58 bits per heavy atom. The van der Waals surface area contributed by atoms with Crippen LogP contribution >= 0.6 is 22.6 Å². The number of ether oxygens (including phenoxy) is 2. The summed E-state index contributed by atoms with van der Waals surface area (Å²) in [5.74, 6) is 0.396. The lowest BCUT2D eigenvalue weighted by Gasteiger charge is -2.17. The summed E-state index contributed by atoms with van der Waals surface area (Å²) >= 11 is 2.32. The summed E-state index contributed by atoms with van der Waals surface area (Å²) in [6.45, 7) is 3.89. The normalized spacial score (nSPS) is 14.2. The van der Waals surface area contributed by atoms with Gasteiger partial charge < -0.3 is 13.9 Å². The number of methoxy groups -OCH3 is 1. The van der Waals surface area contributed by atoms with E-state index in [4.69, 9.17) is 13.9 Å². The summed E-state index contributed by atoms with van der Waals surface area (Å²) in [5.41, 5.74) is 7.85. The van der Waals surface area contributed by atoms with Gasteiger partial charge in [-0.2, -0.15) is 0 Å². The van der Waals surface area contributed by atoms with E-state index in [1.54, 1.807) is 0 Å². The molecule has 6 rings (SSSR count). The molecule has 1 aromatic heterocycles. The van der Waals surface area contributed by atoms with Crippen molar-refractivity contribution in [2.45, 2.75) is 42.6 Å². The van der Waals surface area contributed by atoms with Gasteiger partial charge in [-0.3, -0.25) is 10.1 Å². The highest BCUT2D eigenvalue weighted by Crippen LogP contribution is 2.49. The van der Waals surface area contributed by atoms with Crippen molar-refractivity contribution in [2.24, 2.45) is 0 Å². The number of nitrogens with one attached hydrogen (secondary N) is 1. The van der Waals surface area contributed by atoms with E-state index in [2.05, 4.69) is 27.9 Å². The van der Waals surface area contributed by atoms with E-state index >= 15 is 0 Å². The molecule has 0 spiro atoms. The summed E-state index contributed by atoms with van der Waals surface area (Å²) in [4.78, 5) is 25.5. The second-order valence-corrected chi connectivity index (χ2v) is 11.8. The predicted octanol–water partition coefficient (Wildman–Crippen LogP) is 9.52. The molecule has 1 aliphatic rings. The lowest BCUT2D eigenvalue weighted by molar-refractivity contribution is -0.143. The van der Waals surface area contributed by atoms with Crippen LogP contribution in [0.4, 0.5) is 10.5 Å². The lowest BCUT2D eigenvalue weighted by atomic mass is 9.93. The van der Waals surface area contributed by atoms with Gasteiger partial charge in [0.15, 0.2) is 5.76 Å². The highest BCUT2D eigenvalue weighted by molar-refractivity contribution is 14.1. The number of aryl methyl sites for hydroxylation is 1. The SMILES string of the molecule is COC(=O)C1(c2ccc(-c3ccc(-c4oc5cc(C)ccc5c4NC(=O)O[C@H](C)c4ccccc4CI)cc3)cc2)CC1. The first-order valence-electron chi connectivity index (χ1n) is 14.3. The maximum absolute atomic E-state index is 13.2. The Labute approximate surface area is 264 Å². The fraction of sp³-hybridized carbons (Fsp3) is 0.222. The van der Waals surface area contributed by atoms with E-state index in [-0.39, 0.29) is 5.97 Å². The Bertz CT molecular complexity index is 1800. The van der Waals surface area contributed by atoms with Crippen molar-refractivity contribution in [1.29, 1.82) is 0 Å². The minimum atomic E-state index is -0.544. The molecule has 1 atom stereocenters. The molecule has 1 heterocycles. The third-order valence-electron chi connectivity index (χ3n) is 8.24. The van der Waals surface area contributed by atoms with Crippen LogP contribution in [-0.4, -0.2) is 19.2 Å². The smallest absolute Gasteiger partial charge is 0.412 e. The minimum Gasteiger partial charge on any atom is -0.468 e. The van der Waals surface area contributed by atoms with Crippen molar-refractivity contribution in [1.82, 2.24) is 0 Å². The van der Waals surface area contributed by atoms with E-state index in [9.17, 15) is 9.59 Å². The van der Waals surface area contributed by atoms with Gasteiger partial charge in [0.1, 0.15) is 11.7 Å². The van der Waals surface area contributed by atoms with Gasteiger partial charge >= 0.3 is 12.1 Å². The van der Waals surface area contributed by atoms with Crippen LogP contribution in [0.2, 0.25) is 0 Å². The number of esters is 1. The molecule has 1 fully saturated rings. The molecule has 1 N–H and O–H groups in total. The van der Waals surface area contributed by atoms with Crippen molar-refractivity contribution in [3.63, 3.8) is 0 Å². The van der Waals surface area contributed by atoms with Gasteiger partial charge in [0.2, 0.25) is 0 Å². The van der Waals surface area contributed by atoms with E-state index in [0.29, 0.717) is 17.0 Å². The molecule has 4 aromatic carbocycles. The minimum absolute atomic E-state index is 0.168. The predicted molar refractivity (Wildman–Crippen MR) is 177 cm³/mol. The fourth-order valence-corrected chi connectivity index (χ4v) is 6.36. The van der Waals surface area contributed by atoms with Crippen molar-refractivity contribution in [3.8, 4) is 22.5 Å². The Morgan fingerprint density at radius 1 is 0.930 bits per heavy atom. The first-order valence-corrected chi connectivity index (χ1v) is 15.8. The molecule has 0 radical (unpaired) electrons. The molecule has 1 aliphatic carbocycles. The second-order valence-electron chi connectivity index (χ2n) is 11.0. The van der Waals surface area contributed by atoms with Crippen molar-refractivity contribution >= 4 is 51.3 Å². The molecule has 1 amide bonds. The number of hydrogen-bond acceptors (Lipinski definition) is 5. The van der Waals surface area contributed by atoms with Gasteiger partial charge in [-0.15, -0.1) is 0 Å². The third-order valence-corrected chi connectivity index (χ3v) is 9.06. The molecule has 6 nitrogen and oxygen atoms in total. The van der Waals surface area contributed by atoms with Gasteiger partial charge in [-0.1, -0.05) is 101 Å². The topological polar surface area (TPSA) is 77.8 Å². The van der Waals surface area contributed by atoms with Crippen LogP contribution in [0.25, 0.3) is 33.4 Å². The Hall–Kier alpha value is -4.11. The summed E-state index contributed by atoms with van der Waals surface area (Å²) in [5, 5.41) is 3.78. The number of anilines is 1. The molecule has 0 aliphatic heterocycles. The molecule has 5 aromatic rings. The number of furan rings is 1. The van der Waals surface area contributed by atoms with E-state index < -0.39 is 17.6 Å². The summed E-state index contributed by atoms with van der Waals surface area (Å²) < 4.78 is 18.0.